The van der Waals surface area contributed by atoms with Gasteiger partial charge >= 0.3 is 0 Å². The summed E-state index contributed by atoms with van der Waals surface area (Å²) in [5.41, 5.74) is 0.442. The van der Waals surface area contributed by atoms with Gasteiger partial charge in [-0.1, -0.05) is 29.8 Å². The van der Waals surface area contributed by atoms with Gasteiger partial charge in [-0.25, -0.2) is 12.8 Å². The lowest BCUT2D eigenvalue weighted by atomic mass is 9.97. The van der Waals surface area contributed by atoms with Crippen molar-refractivity contribution >= 4 is 33.2 Å². The molecule has 3 aromatic rings. The number of hydrogen-bond donors (Lipinski definition) is 1. The predicted octanol–water partition coefficient (Wildman–Crippen LogP) is 5.31. The van der Waals surface area contributed by atoms with Crippen molar-refractivity contribution in [3.63, 3.8) is 0 Å². The molecule has 1 aliphatic rings. The van der Waals surface area contributed by atoms with Crippen LogP contribution in [0, 0.1) is 11.7 Å². The van der Waals surface area contributed by atoms with Gasteiger partial charge in [0.15, 0.2) is 5.75 Å². The van der Waals surface area contributed by atoms with Gasteiger partial charge in [-0.05, 0) is 67.4 Å². The van der Waals surface area contributed by atoms with Crippen LogP contribution in [0.15, 0.2) is 77.7 Å². The molecule has 172 valence electrons. The SMILES string of the molecule is O=C(Nc1cc(Cl)ccc1Oc1ccccc1)C1CCN(S(=O)(=O)c2ccc(F)cc2)CC1. The minimum atomic E-state index is -3.74. The van der Waals surface area contributed by atoms with Gasteiger partial charge in [0.25, 0.3) is 0 Å². The molecule has 1 fully saturated rings. The Kier molecular flexibility index (Phi) is 6.97. The van der Waals surface area contributed by atoms with E-state index in [9.17, 15) is 17.6 Å². The number of halogens is 2. The molecule has 0 saturated carbocycles. The highest BCUT2D eigenvalue weighted by Crippen LogP contribution is 2.33. The number of ether oxygens (including phenoxy) is 1. The van der Waals surface area contributed by atoms with Crippen molar-refractivity contribution in [2.24, 2.45) is 5.92 Å². The summed E-state index contributed by atoms with van der Waals surface area (Å²) >= 11 is 6.12. The smallest absolute Gasteiger partial charge is 0.243 e. The van der Waals surface area contributed by atoms with Gasteiger partial charge in [-0.2, -0.15) is 4.31 Å². The van der Waals surface area contributed by atoms with E-state index in [4.69, 9.17) is 16.3 Å². The second-order valence-electron chi connectivity index (χ2n) is 7.68. The number of carbonyl (C=O) groups excluding carboxylic acids is 1. The van der Waals surface area contributed by atoms with Gasteiger partial charge in [0.05, 0.1) is 10.6 Å². The molecule has 0 unspecified atom stereocenters. The summed E-state index contributed by atoms with van der Waals surface area (Å²) in [6.45, 7) is 0.390. The summed E-state index contributed by atoms with van der Waals surface area (Å²) < 4.78 is 45.9. The second-order valence-corrected chi connectivity index (χ2v) is 10.1. The quantitative estimate of drug-likeness (QED) is 0.510. The Hall–Kier alpha value is -2.94. The summed E-state index contributed by atoms with van der Waals surface area (Å²) in [5.74, 6) is -0.0203. The molecule has 9 heteroatoms. The number of hydrogen-bond acceptors (Lipinski definition) is 4. The first-order chi connectivity index (χ1) is 15.8. The van der Waals surface area contributed by atoms with Gasteiger partial charge < -0.3 is 10.1 Å². The molecule has 1 N–H and O–H groups in total. The zero-order valence-corrected chi connectivity index (χ0v) is 19.2. The number of amides is 1. The first-order valence-electron chi connectivity index (χ1n) is 10.4. The van der Waals surface area contributed by atoms with Gasteiger partial charge in [-0.3, -0.25) is 4.79 Å². The van der Waals surface area contributed by atoms with E-state index in [0.717, 1.165) is 12.1 Å². The molecule has 3 aromatic carbocycles. The number of piperidine rings is 1. The maximum atomic E-state index is 13.1. The van der Waals surface area contributed by atoms with Gasteiger partial charge in [-0.15, -0.1) is 0 Å². The van der Waals surface area contributed by atoms with E-state index >= 15 is 0 Å². The number of nitrogens with one attached hydrogen (secondary N) is 1. The van der Waals surface area contributed by atoms with Crippen molar-refractivity contribution in [2.45, 2.75) is 17.7 Å². The van der Waals surface area contributed by atoms with E-state index in [-0.39, 0.29) is 29.8 Å². The molecule has 0 aliphatic carbocycles. The third-order valence-corrected chi connectivity index (χ3v) is 7.59. The molecule has 1 amide bonds. The van der Waals surface area contributed by atoms with Gasteiger partial charge in [0.2, 0.25) is 15.9 Å². The molecular formula is C24H22ClFN2O4S. The van der Waals surface area contributed by atoms with Crippen LogP contribution in [0.4, 0.5) is 10.1 Å². The van der Waals surface area contributed by atoms with Crippen LogP contribution < -0.4 is 10.1 Å². The standard InChI is InChI=1S/C24H22ClFN2O4S/c25-18-6-11-23(32-20-4-2-1-3-5-20)22(16-18)27-24(29)17-12-14-28(15-13-17)33(30,31)21-9-7-19(26)8-10-21/h1-11,16-17H,12-15H2,(H,27,29). The highest BCUT2D eigenvalue weighted by molar-refractivity contribution is 7.89. The van der Waals surface area contributed by atoms with Crippen LogP contribution in [-0.4, -0.2) is 31.7 Å². The fourth-order valence-corrected chi connectivity index (χ4v) is 5.29. The third-order valence-electron chi connectivity index (χ3n) is 5.45. The molecule has 0 atom stereocenters. The fraction of sp³-hybridized carbons (Fsp3) is 0.208. The maximum absolute atomic E-state index is 13.1. The first-order valence-corrected chi connectivity index (χ1v) is 12.2. The van der Waals surface area contributed by atoms with Crippen LogP contribution in [0.3, 0.4) is 0 Å². The molecule has 0 bridgehead atoms. The molecule has 4 rings (SSSR count). The Morgan fingerprint density at radius 1 is 1.00 bits per heavy atom. The van der Waals surface area contributed by atoms with Crippen LogP contribution in [0.1, 0.15) is 12.8 Å². The van der Waals surface area contributed by atoms with E-state index in [1.165, 1.54) is 16.4 Å². The minimum Gasteiger partial charge on any atom is -0.455 e. The van der Waals surface area contributed by atoms with Crippen LogP contribution in [0.2, 0.25) is 5.02 Å². The Balaban J connectivity index is 1.41. The van der Waals surface area contributed by atoms with Crippen molar-refractivity contribution in [3.8, 4) is 11.5 Å². The summed E-state index contributed by atoms with van der Waals surface area (Å²) in [6, 6.07) is 18.9. The second kappa shape index (κ2) is 9.91. The highest BCUT2D eigenvalue weighted by atomic mass is 35.5. The number of para-hydroxylation sites is 1. The molecule has 0 spiro atoms. The number of anilines is 1. The lowest BCUT2D eigenvalue weighted by Gasteiger charge is -2.30. The van der Waals surface area contributed by atoms with E-state index in [1.54, 1.807) is 30.3 Å². The normalized spacial score (nSPS) is 15.2. The average Bonchev–Trinajstić information content (AvgIpc) is 2.82. The molecule has 0 radical (unpaired) electrons. The molecular weight excluding hydrogens is 467 g/mol. The van der Waals surface area contributed by atoms with Crippen molar-refractivity contribution in [2.75, 3.05) is 18.4 Å². The van der Waals surface area contributed by atoms with Gasteiger partial charge in [0, 0.05) is 24.0 Å². The Morgan fingerprint density at radius 2 is 1.67 bits per heavy atom. The topological polar surface area (TPSA) is 75.7 Å². The molecule has 6 nitrogen and oxygen atoms in total. The monoisotopic (exact) mass is 488 g/mol. The number of nitrogens with zero attached hydrogens (tertiary/aromatic N) is 1. The number of carbonyl (C=O) groups is 1. The molecule has 0 aromatic heterocycles. The minimum absolute atomic E-state index is 0.0356. The van der Waals surface area contributed by atoms with E-state index < -0.39 is 15.8 Å². The number of sulfonamides is 1. The van der Waals surface area contributed by atoms with Crippen molar-refractivity contribution < 1.29 is 22.3 Å². The Morgan fingerprint density at radius 3 is 2.33 bits per heavy atom. The van der Waals surface area contributed by atoms with E-state index in [0.29, 0.717) is 35.1 Å². The van der Waals surface area contributed by atoms with Crippen LogP contribution in [-0.2, 0) is 14.8 Å². The molecule has 33 heavy (non-hydrogen) atoms. The maximum Gasteiger partial charge on any atom is 0.243 e. The lowest BCUT2D eigenvalue weighted by Crippen LogP contribution is -2.41. The fourth-order valence-electron chi connectivity index (χ4n) is 3.65. The Bertz CT molecular complexity index is 1230. The lowest BCUT2D eigenvalue weighted by molar-refractivity contribution is -0.120. The summed E-state index contributed by atoms with van der Waals surface area (Å²) in [6.07, 6.45) is 0.726. The number of benzene rings is 3. The zero-order valence-electron chi connectivity index (χ0n) is 17.6. The van der Waals surface area contributed by atoms with Crippen molar-refractivity contribution in [1.29, 1.82) is 0 Å². The summed E-state index contributed by atoms with van der Waals surface area (Å²) in [4.78, 5) is 13.0. The van der Waals surface area contributed by atoms with Crippen LogP contribution in [0.25, 0.3) is 0 Å². The summed E-state index contributed by atoms with van der Waals surface area (Å²) in [5, 5.41) is 3.32. The zero-order chi connectivity index (χ0) is 23.4. The van der Waals surface area contributed by atoms with Crippen LogP contribution >= 0.6 is 11.6 Å². The average molecular weight is 489 g/mol. The summed E-state index contributed by atoms with van der Waals surface area (Å²) in [7, 11) is -3.74. The molecule has 1 heterocycles. The van der Waals surface area contributed by atoms with Crippen LogP contribution in [0.5, 0.6) is 11.5 Å². The molecule has 1 saturated heterocycles. The predicted molar refractivity (Wildman–Crippen MR) is 124 cm³/mol. The Labute approximate surface area is 197 Å². The van der Waals surface area contributed by atoms with Crippen molar-refractivity contribution in [1.82, 2.24) is 4.31 Å². The first kappa shape index (κ1) is 23.2. The number of rotatable bonds is 6. The highest BCUT2D eigenvalue weighted by Gasteiger charge is 2.32. The van der Waals surface area contributed by atoms with Crippen molar-refractivity contribution in [3.05, 3.63) is 83.6 Å². The van der Waals surface area contributed by atoms with E-state index in [1.807, 2.05) is 18.2 Å². The third kappa shape index (κ3) is 5.52. The van der Waals surface area contributed by atoms with Gasteiger partial charge in [0.1, 0.15) is 11.6 Å². The largest absolute Gasteiger partial charge is 0.455 e. The van der Waals surface area contributed by atoms with E-state index in [2.05, 4.69) is 5.32 Å². The molecule has 1 aliphatic heterocycles.